The van der Waals surface area contributed by atoms with Crippen LogP contribution in [-0.4, -0.2) is 55.1 Å². The van der Waals surface area contributed by atoms with Crippen molar-refractivity contribution in [1.82, 2.24) is 4.90 Å². The van der Waals surface area contributed by atoms with Crippen molar-refractivity contribution in [3.8, 4) is 17.9 Å². The molecule has 1 aliphatic heterocycles. The van der Waals surface area contributed by atoms with Crippen LogP contribution in [0.1, 0.15) is 5.56 Å². The van der Waals surface area contributed by atoms with Gasteiger partial charge in [-0.15, -0.1) is 0 Å². The Balaban J connectivity index is 1.78. The van der Waals surface area contributed by atoms with Gasteiger partial charge in [0, 0.05) is 19.6 Å². The maximum atomic E-state index is 9.99. The first-order valence-electron chi connectivity index (χ1n) is 6.76. The Morgan fingerprint density at radius 1 is 1.48 bits per heavy atom. The number of rotatable bonds is 5. The summed E-state index contributed by atoms with van der Waals surface area (Å²) in [4.78, 5) is 1.98. The Kier molecular flexibility index (Phi) is 5.53. The number of aliphatic hydroxyl groups is 1. The normalized spacial score (nSPS) is 20.2. The molecule has 2 atom stereocenters. The van der Waals surface area contributed by atoms with Crippen molar-refractivity contribution in [1.29, 1.82) is 10.5 Å². The van der Waals surface area contributed by atoms with Crippen molar-refractivity contribution in [2.75, 3.05) is 32.8 Å². The molecule has 1 fully saturated rings. The molecule has 6 heteroatoms. The van der Waals surface area contributed by atoms with Gasteiger partial charge in [-0.05, 0) is 18.2 Å². The number of benzene rings is 1. The van der Waals surface area contributed by atoms with Crippen LogP contribution in [0.25, 0.3) is 0 Å². The van der Waals surface area contributed by atoms with Gasteiger partial charge < -0.3 is 14.6 Å². The Bertz CT molecular complexity index is 550. The summed E-state index contributed by atoms with van der Waals surface area (Å²) in [6.45, 7) is 2.26. The van der Waals surface area contributed by atoms with Gasteiger partial charge in [-0.1, -0.05) is 6.07 Å². The fourth-order valence-corrected chi connectivity index (χ4v) is 2.15. The number of hydrogen-bond donors (Lipinski definition) is 1. The highest BCUT2D eigenvalue weighted by Gasteiger charge is 2.22. The number of β-amino-alcohol motifs (C(OH)–C–C–N with tert-alkyl or cyclic N) is 1. The lowest BCUT2D eigenvalue weighted by Crippen LogP contribution is -2.46. The van der Waals surface area contributed by atoms with E-state index in [1.807, 2.05) is 11.0 Å². The molecule has 2 rings (SSSR count). The molecular weight excluding hydrogens is 270 g/mol. The first kappa shape index (κ1) is 15.3. The second-order valence-electron chi connectivity index (χ2n) is 4.85. The average molecular weight is 287 g/mol. The zero-order valence-electron chi connectivity index (χ0n) is 11.6. The van der Waals surface area contributed by atoms with Crippen molar-refractivity contribution in [2.24, 2.45) is 0 Å². The predicted molar refractivity (Wildman–Crippen MR) is 74.5 cm³/mol. The second kappa shape index (κ2) is 7.61. The van der Waals surface area contributed by atoms with Crippen LogP contribution in [0, 0.1) is 22.7 Å². The molecule has 1 aromatic rings. The van der Waals surface area contributed by atoms with Crippen molar-refractivity contribution >= 4 is 0 Å². The van der Waals surface area contributed by atoms with E-state index in [4.69, 9.17) is 20.0 Å². The van der Waals surface area contributed by atoms with Gasteiger partial charge >= 0.3 is 0 Å². The maximum Gasteiger partial charge on any atom is 0.156 e. The van der Waals surface area contributed by atoms with Crippen LogP contribution in [-0.2, 0) is 4.74 Å². The van der Waals surface area contributed by atoms with Gasteiger partial charge in [0.2, 0.25) is 0 Å². The molecule has 1 N–H and O–H groups in total. The summed E-state index contributed by atoms with van der Waals surface area (Å²) in [6.07, 6.45) is -1.09. The number of aliphatic hydroxyl groups excluding tert-OH is 1. The highest BCUT2D eigenvalue weighted by molar-refractivity contribution is 5.36. The van der Waals surface area contributed by atoms with Gasteiger partial charge in [0.25, 0.3) is 0 Å². The van der Waals surface area contributed by atoms with E-state index in [9.17, 15) is 5.11 Å². The van der Waals surface area contributed by atoms with E-state index in [0.29, 0.717) is 37.6 Å². The topological polar surface area (TPSA) is 89.5 Å². The highest BCUT2D eigenvalue weighted by Crippen LogP contribution is 2.13. The Morgan fingerprint density at radius 2 is 2.33 bits per heavy atom. The van der Waals surface area contributed by atoms with Crippen molar-refractivity contribution < 1.29 is 14.6 Å². The van der Waals surface area contributed by atoms with Crippen molar-refractivity contribution in [3.63, 3.8) is 0 Å². The second-order valence-corrected chi connectivity index (χ2v) is 4.85. The van der Waals surface area contributed by atoms with Gasteiger partial charge in [0.1, 0.15) is 18.5 Å². The molecule has 1 aromatic carbocycles. The lowest BCUT2D eigenvalue weighted by molar-refractivity contribution is -0.0215. The van der Waals surface area contributed by atoms with Crippen molar-refractivity contribution in [2.45, 2.75) is 12.2 Å². The van der Waals surface area contributed by atoms with Crippen molar-refractivity contribution in [3.05, 3.63) is 29.8 Å². The standard InChI is InChI=1S/C15H17N3O3/c16-7-12-2-1-3-14(6-12)21-11-13(19)9-18-4-5-20-15(8-17)10-18/h1-3,6,13,15,19H,4-5,9-11H2. The summed E-state index contributed by atoms with van der Waals surface area (Å²) >= 11 is 0. The third kappa shape index (κ3) is 4.73. The van der Waals surface area contributed by atoms with Crippen LogP contribution in [0.3, 0.4) is 0 Å². The largest absolute Gasteiger partial charge is 0.491 e. The van der Waals surface area contributed by atoms with E-state index in [1.54, 1.807) is 24.3 Å². The number of morpholine rings is 1. The van der Waals surface area contributed by atoms with Crippen LogP contribution >= 0.6 is 0 Å². The molecule has 2 unspecified atom stereocenters. The molecule has 0 radical (unpaired) electrons. The molecule has 1 saturated heterocycles. The Hall–Kier alpha value is -2.12. The van der Waals surface area contributed by atoms with E-state index in [2.05, 4.69) is 6.07 Å². The predicted octanol–water partition coefficient (Wildman–Crippen LogP) is 0.522. The van der Waals surface area contributed by atoms with Gasteiger partial charge in [-0.25, -0.2) is 0 Å². The molecule has 0 aromatic heterocycles. The van der Waals surface area contributed by atoms with E-state index in [-0.39, 0.29) is 6.61 Å². The van der Waals surface area contributed by atoms with Gasteiger partial charge in [-0.2, -0.15) is 10.5 Å². The molecule has 1 heterocycles. The number of hydrogen-bond acceptors (Lipinski definition) is 6. The zero-order valence-corrected chi connectivity index (χ0v) is 11.6. The van der Waals surface area contributed by atoms with Gasteiger partial charge in [0.05, 0.1) is 24.3 Å². The van der Waals surface area contributed by atoms with E-state index in [0.717, 1.165) is 0 Å². The molecule has 0 bridgehead atoms. The monoisotopic (exact) mass is 287 g/mol. The molecule has 1 aliphatic rings. The average Bonchev–Trinajstić information content (AvgIpc) is 2.53. The molecule has 0 amide bonds. The first-order chi connectivity index (χ1) is 10.2. The van der Waals surface area contributed by atoms with Crippen LogP contribution in [0.5, 0.6) is 5.75 Å². The quantitative estimate of drug-likeness (QED) is 0.849. The third-order valence-electron chi connectivity index (χ3n) is 3.17. The zero-order chi connectivity index (χ0) is 15.1. The van der Waals surface area contributed by atoms with Crippen LogP contribution in [0.2, 0.25) is 0 Å². The summed E-state index contributed by atoms with van der Waals surface area (Å²) in [7, 11) is 0. The summed E-state index contributed by atoms with van der Waals surface area (Å²) in [5.74, 6) is 0.560. The summed E-state index contributed by atoms with van der Waals surface area (Å²) in [6, 6.07) is 10.9. The van der Waals surface area contributed by atoms with E-state index >= 15 is 0 Å². The third-order valence-corrected chi connectivity index (χ3v) is 3.17. The van der Waals surface area contributed by atoms with Gasteiger partial charge in [-0.3, -0.25) is 4.90 Å². The van der Waals surface area contributed by atoms with Crippen LogP contribution in [0.4, 0.5) is 0 Å². The fraction of sp³-hybridized carbons (Fsp3) is 0.467. The molecule has 6 nitrogen and oxygen atoms in total. The smallest absolute Gasteiger partial charge is 0.156 e. The maximum absolute atomic E-state index is 9.99. The van der Waals surface area contributed by atoms with Crippen LogP contribution in [0.15, 0.2) is 24.3 Å². The molecule has 0 spiro atoms. The SMILES string of the molecule is N#Cc1cccc(OCC(O)CN2CCOC(C#N)C2)c1. The van der Waals surface area contributed by atoms with Crippen LogP contribution < -0.4 is 4.74 Å². The molecule has 110 valence electrons. The molecular formula is C15H17N3O3. The Morgan fingerprint density at radius 3 is 3.10 bits per heavy atom. The lowest BCUT2D eigenvalue weighted by atomic mass is 10.2. The first-order valence-corrected chi connectivity index (χ1v) is 6.76. The summed E-state index contributed by atoms with van der Waals surface area (Å²) in [5, 5.41) is 27.6. The summed E-state index contributed by atoms with van der Waals surface area (Å²) < 4.78 is 10.7. The number of ether oxygens (including phenoxy) is 2. The minimum atomic E-state index is -0.659. The van der Waals surface area contributed by atoms with E-state index < -0.39 is 12.2 Å². The molecule has 0 saturated carbocycles. The van der Waals surface area contributed by atoms with E-state index in [1.165, 1.54) is 0 Å². The Labute approximate surface area is 123 Å². The highest BCUT2D eigenvalue weighted by atomic mass is 16.5. The number of nitrogens with zero attached hydrogens (tertiary/aromatic N) is 3. The minimum Gasteiger partial charge on any atom is -0.491 e. The fourth-order valence-electron chi connectivity index (χ4n) is 2.15. The lowest BCUT2D eigenvalue weighted by Gasteiger charge is -2.31. The molecule has 0 aliphatic carbocycles. The van der Waals surface area contributed by atoms with Gasteiger partial charge in [0.15, 0.2) is 6.10 Å². The molecule has 21 heavy (non-hydrogen) atoms. The number of nitriles is 2. The summed E-state index contributed by atoms with van der Waals surface area (Å²) in [5.41, 5.74) is 0.520. The minimum absolute atomic E-state index is 0.142.